The fourth-order valence-electron chi connectivity index (χ4n) is 2.69. The van der Waals surface area contributed by atoms with Crippen LogP contribution in [0.1, 0.15) is 36.8 Å². The minimum Gasteiger partial charge on any atom is -0.493 e. The van der Waals surface area contributed by atoms with E-state index >= 15 is 0 Å². The summed E-state index contributed by atoms with van der Waals surface area (Å²) in [6.07, 6.45) is 7.06. The van der Waals surface area contributed by atoms with Gasteiger partial charge in [-0.05, 0) is 48.1 Å². The molecule has 0 spiro atoms. The highest BCUT2D eigenvalue weighted by Crippen LogP contribution is 2.32. The van der Waals surface area contributed by atoms with Crippen molar-refractivity contribution in [3.05, 3.63) is 35.4 Å². The van der Waals surface area contributed by atoms with Gasteiger partial charge < -0.3 is 9.84 Å². The molecule has 0 radical (unpaired) electrons. The highest BCUT2D eigenvalue weighted by molar-refractivity contribution is 5.68. The summed E-state index contributed by atoms with van der Waals surface area (Å²) < 4.78 is 5.52. The number of rotatable bonds is 1. The lowest BCUT2D eigenvalue weighted by molar-refractivity contribution is 0.211. The molecular weight excluding hydrogens is 212 g/mol. The van der Waals surface area contributed by atoms with Crippen LogP contribution in [0.5, 0.6) is 5.75 Å². The smallest absolute Gasteiger partial charge is 0.122 e. The first kappa shape index (κ1) is 10.8. The standard InChI is InChI=1S/C15H18O2/c16-14-4-2-1-3-11(10-14)12-5-6-15-13(9-12)7-8-17-15/h5-6,9-10,14,16H,1-4,7-8H2. The second-order valence-corrected chi connectivity index (χ2v) is 4.93. The second kappa shape index (κ2) is 4.53. The zero-order valence-electron chi connectivity index (χ0n) is 9.98. The van der Waals surface area contributed by atoms with Gasteiger partial charge in [0.15, 0.2) is 0 Å². The Morgan fingerprint density at radius 1 is 1.18 bits per heavy atom. The third kappa shape index (κ3) is 2.22. The first-order valence-electron chi connectivity index (χ1n) is 6.48. The van der Waals surface area contributed by atoms with Crippen molar-refractivity contribution < 1.29 is 9.84 Å². The third-order valence-electron chi connectivity index (χ3n) is 3.65. The Kier molecular flexibility index (Phi) is 2.89. The van der Waals surface area contributed by atoms with Gasteiger partial charge in [-0.3, -0.25) is 0 Å². The van der Waals surface area contributed by atoms with Gasteiger partial charge in [0.2, 0.25) is 0 Å². The van der Waals surface area contributed by atoms with Crippen molar-refractivity contribution >= 4 is 5.57 Å². The van der Waals surface area contributed by atoms with Gasteiger partial charge in [-0.1, -0.05) is 18.6 Å². The monoisotopic (exact) mass is 230 g/mol. The lowest BCUT2D eigenvalue weighted by atomic mass is 9.98. The Hall–Kier alpha value is -1.28. The Morgan fingerprint density at radius 3 is 3.06 bits per heavy atom. The summed E-state index contributed by atoms with van der Waals surface area (Å²) in [6, 6.07) is 6.41. The summed E-state index contributed by atoms with van der Waals surface area (Å²) >= 11 is 0. The van der Waals surface area contributed by atoms with E-state index in [1.54, 1.807) is 0 Å². The fourth-order valence-corrected chi connectivity index (χ4v) is 2.69. The van der Waals surface area contributed by atoms with Crippen LogP contribution in [0.4, 0.5) is 0 Å². The summed E-state index contributed by atoms with van der Waals surface area (Å²) in [6.45, 7) is 0.806. The van der Waals surface area contributed by atoms with Crippen LogP contribution in [0.15, 0.2) is 24.3 Å². The largest absolute Gasteiger partial charge is 0.493 e. The maximum Gasteiger partial charge on any atom is 0.122 e. The van der Waals surface area contributed by atoms with Gasteiger partial charge in [-0.25, -0.2) is 0 Å². The van der Waals surface area contributed by atoms with Crippen LogP contribution in [0.3, 0.4) is 0 Å². The number of allylic oxidation sites excluding steroid dienone is 1. The molecule has 0 aromatic heterocycles. The molecule has 2 heteroatoms. The van der Waals surface area contributed by atoms with Gasteiger partial charge in [0.1, 0.15) is 5.75 Å². The summed E-state index contributed by atoms with van der Waals surface area (Å²) in [5, 5.41) is 9.81. The number of fused-ring (bicyclic) bond motifs is 1. The van der Waals surface area contributed by atoms with Gasteiger partial charge >= 0.3 is 0 Å². The molecule has 1 unspecified atom stereocenters. The highest BCUT2D eigenvalue weighted by Gasteiger charge is 2.15. The predicted octanol–water partition coefficient (Wildman–Crippen LogP) is 2.94. The van der Waals surface area contributed by atoms with Crippen LogP contribution in [-0.4, -0.2) is 17.8 Å². The van der Waals surface area contributed by atoms with Gasteiger partial charge in [-0.15, -0.1) is 0 Å². The van der Waals surface area contributed by atoms with Crippen LogP contribution in [-0.2, 0) is 6.42 Å². The van der Waals surface area contributed by atoms with E-state index in [9.17, 15) is 5.11 Å². The average molecular weight is 230 g/mol. The quantitative estimate of drug-likeness (QED) is 0.803. The van der Waals surface area contributed by atoms with Crippen molar-refractivity contribution in [2.75, 3.05) is 6.61 Å². The Bertz CT molecular complexity index is 448. The lowest BCUT2D eigenvalue weighted by Crippen LogP contribution is -2.00. The summed E-state index contributed by atoms with van der Waals surface area (Å²) in [5.74, 6) is 1.03. The molecule has 0 amide bonds. The molecule has 1 aromatic carbocycles. The van der Waals surface area contributed by atoms with E-state index in [1.807, 2.05) is 6.08 Å². The maximum atomic E-state index is 9.81. The third-order valence-corrected chi connectivity index (χ3v) is 3.65. The molecule has 0 bridgehead atoms. The van der Waals surface area contributed by atoms with E-state index in [0.29, 0.717) is 0 Å². The van der Waals surface area contributed by atoms with Crippen molar-refractivity contribution in [2.45, 2.75) is 38.2 Å². The number of aliphatic hydroxyl groups excluding tert-OH is 1. The molecule has 2 nitrogen and oxygen atoms in total. The number of hydrogen-bond acceptors (Lipinski definition) is 2. The zero-order valence-corrected chi connectivity index (χ0v) is 9.98. The molecule has 1 N–H and O–H groups in total. The molecule has 0 fully saturated rings. The van der Waals surface area contributed by atoms with E-state index in [0.717, 1.165) is 38.0 Å². The van der Waals surface area contributed by atoms with E-state index in [-0.39, 0.29) is 6.10 Å². The number of benzene rings is 1. The van der Waals surface area contributed by atoms with Crippen molar-refractivity contribution in [3.63, 3.8) is 0 Å². The Balaban J connectivity index is 1.92. The lowest BCUT2D eigenvalue weighted by Gasteiger charge is -2.08. The van der Waals surface area contributed by atoms with Crippen LogP contribution >= 0.6 is 0 Å². The summed E-state index contributed by atoms with van der Waals surface area (Å²) in [5.41, 5.74) is 3.86. The van der Waals surface area contributed by atoms with Crippen LogP contribution in [0, 0.1) is 0 Å². The highest BCUT2D eigenvalue weighted by atomic mass is 16.5. The minimum atomic E-state index is -0.267. The first-order valence-corrected chi connectivity index (χ1v) is 6.48. The molecule has 3 rings (SSSR count). The normalized spacial score (nSPS) is 23.6. The zero-order chi connectivity index (χ0) is 11.7. The SMILES string of the molecule is OC1C=C(c2ccc3c(c2)CCO3)CCCC1. The van der Waals surface area contributed by atoms with Crippen molar-refractivity contribution in [1.29, 1.82) is 0 Å². The van der Waals surface area contributed by atoms with Crippen LogP contribution in [0.25, 0.3) is 5.57 Å². The van der Waals surface area contributed by atoms with Gasteiger partial charge in [0.25, 0.3) is 0 Å². The predicted molar refractivity (Wildman–Crippen MR) is 68.1 cm³/mol. The molecule has 2 aliphatic rings. The molecule has 1 aliphatic heterocycles. The summed E-state index contributed by atoms with van der Waals surface area (Å²) in [7, 11) is 0. The molecule has 1 atom stereocenters. The molecule has 1 aliphatic carbocycles. The van der Waals surface area contributed by atoms with E-state index in [2.05, 4.69) is 18.2 Å². The van der Waals surface area contributed by atoms with E-state index < -0.39 is 0 Å². The van der Waals surface area contributed by atoms with E-state index in [1.165, 1.54) is 23.1 Å². The van der Waals surface area contributed by atoms with Crippen LogP contribution < -0.4 is 4.74 Å². The van der Waals surface area contributed by atoms with Gasteiger partial charge in [0.05, 0.1) is 12.7 Å². The second-order valence-electron chi connectivity index (χ2n) is 4.93. The maximum absolute atomic E-state index is 9.81. The molecule has 0 saturated carbocycles. The molecule has 1 heterocycles. The summed E-state index contributed by atoms with van der Waals surface area (Å²) in [4.78, 5) is 0. The Morgan fingerprint density at radius 2 is 2.12 bits per heavy atom. The first-order chi connectivity index (χ1) is 8.33. The number of ether oxygens (including phenoxy) is 1. The average Bonchev–Trinajstić information content (AvgIpc) is 2.69. The molecule has 0 saturated heterocycles. The van der Waals surface area contributed by atoms with Gasteiger partial charge in [0, 0.05) is 6.42 Å². The van der Waals surface area contributed by atoms with Gasteiger partial charge in [-0.2, -0.15) is 0 Å². The molecule has 90 valence electrons. The topological polar surface area (TPSA) is 29.5 Å². The van der Waals surface area contributed by atoms with Crippen molar-refractivity contribution in [1.82, 2.24) is 0 Å². The number of hydrogen-bond donors (Lipinski definition) is 1. The molecule has 17 heavy (non-hydrogen) atoms. The minimum absolute atomic E-state index is 0.267. The number of aliphatic hydroxyl groups is 1. The molecular formula is C15H18O2. The van der Waals surface area contributed by atoms with E-state index in [4.69, 9.17) is 4.74 Å². The Labute approximate surface area is 102 Å². The fraction of sp³-hybridized carbons (Fsp3) is 0.467. The van der Waals surface area contributed by atoms with Crippen LogP contribution in [0.2, 0.25) is 0 Å². The molecule has 1 aromatic rings. The van der Waals surface area contributed by atoms with Crippen molar-refractivity contribution in [2.24, 2.45) is 0 Å². The van der Waals surface area contributed by atoms with Crippen molar-refractivity contribution in [3.8, 4) is 5.75 Å².